The SMILES string of the molecule is O=C(OCC1CO1)OC1CC=CCC1OC(=O)OCC1CO1. The predicted octanol–water partition coefficient (Wildman–Crippen LogP) is 1.18. The Kier molecular flexibility index (Phi) is 4.79. The minimum Gasteiger partial charge on any atom is -0.431 e. The van der Waals surface area contributed by atoms with E-state index in [4.69, 9.17) is 28.4 Å². The van der Waals surface area contributed by atoms with Crippen molar-refractivity contribution < 1.29 is 38.0 Å². The monoisotopic (exact) mass is 314 g/mol. The lowest BCUT2D eigenvalue weighted by molar-refractivity contribution is -0.0573. The fourth-order valence-corrected chi connectivity index (χ4v) is 1.98. The Hall–Kier alpha value is -1.80. The molecule has 0 N–H and O–H groups in total. The van der Waals surface area contributed by atoms with Gasteiger partial charge in [0.25, 0.3) is 0 Å². The quantitative estimate of drug-likeness (QED) is 0.409. The highest BCUT2D eigenvalue weighted by Crippen LogP contribution is 2.21. The maximum Gasteiger partial charge on any atom is 0.508 e. The molecule has 8 heteroatoms. The summed E-state index contributed by atoms with van der Waals surface area (Å²) in [4.78, 5) is 23.2. The molecule has 4 unspecified atom stereocenters. The lowest BCUT2D eigenvalue weighted by Gasteiger charge is -2.27. The number of hydrogen-bond donors (Lipinski definition) is 0. The van der Waals surface area contributed by atoms with Crippen LogP contribution in [0, 0.1) is 0 Å². The number of epoxide rings is 2. The Bertz CT molecular complexity index is 400. The van der Waals surface area contributed by atoms with Gasteiger partial charge in [0, 0.05) is 12.8 Å². The molecule has 3 aliphatic rings. The van der Waals surface area contributed by atoms with Crippen LogP contribution < -0.4 is 0 Å². The summed E-state index contributed by atoms with van der Waals surface area (Å²) in [5.74, 6) is 0. The van der Waals surface area contributed by atoms with Gasteiger partial charge >= 0.3 is 12.3 Å². The molecule has 0 aromatic rings. The fourth-order valence-electron chi connectivity index (χ4n) is 1.98. The van der Waals surface area contributed by atoms with Crippen LogP contribution >= 0.6 is 0 Å². The van der Waals surface area contributed by atoms with Gasteiger partial charge in [-0.2, -0.15) is 0 Å². The van der Waals surface area contributed by atoms with E-state index >= 15 is 0 Å². The number of carbonyl (C=O) groups is 2. The zero-order valence-corrected chi connectivity index (χ0v) is 12.0. The minimum absolute atomic E-state index is 0.0227. The molecule has 2 aliphatic heterocycles. The van der Waals surface area contributed by atoms with E-state index in [9.17, 15) is 9.59 Å². The lowest BCUT2D eigenvalue weighted by Crippen LogP contribution is -2.37. The second-order valence-electron chi connectivity index (χ2n) is 5.29. The van der Waals surface area contributed by atoms with E-state index in [0.717, 1.165) is 0 Å². The van der Waals surface area contributed by atoms with Crippen LogP contribution in [0.15, 0.2) is 12.2 Å². The van der Waals surface area contributed by atoms with Crippen molar-refractivity contribution in [1.82, 2.24) is 0 Å². The highest BCUT2D eigenvalue weighted by atomic mass is 16.8. The van der Waals surface area contributed by atoms with Gasteiger partial charge < -0.3 is 28.4 Å². The van der Waals surface area contributed by atoms with E-state index < -0.39 is 24.5 Å². The molecule has 4 atom stereocenters. The standard InChI is InChI=1S/C14H18O8/c15-13(19-7-9-5-17-9)21-11-3-1-2-4-12(11)22-14(16)20-8-10-6-18-10/h1-2,9-12H,3-8H2. The van der Waals surface area contributed by atoms with Gasteiger partial charge in [0.05, 0.1) is 13.2 Å². The Morgan fingerprint density at radius 1 is 0.864 bits per heavy atom. The average molecular weight is 314 g/mol. The van der Waals surface area contributed by atoms with Crippen LogP contribution in [0.5, 0.6) is 0 Å². The van der Waals surface area contributed by atoms with Gasteiger partial charge in [0.2, 0.25) is 0 Å². The molecular weight excluding hydrogens is 296 g/mol. The summed E-state index contributed by atoms with van der Waals surface area (Å²) in [5, 5.41) is 0. The fraction of sp³-hybridized carbons (Fsp3) is 0.714. The first kappa shape index (κ1) is 15.1. The average Bonchev–Trinajstić information content (AvgIpc) is 3.38. The molecule has 0 amide bonds. The van der Waals surface area contributed by atoms with Crippen LogP contribution in [0.1, 0.15) is 12.8 Å². The molecule has 0 spiro atoms. The molecule has 3 rings (SSSR count). The molecule has 0 saturated carbocycles. The van der Waals surface area contributed by atoms with E-state index in [2.05, 4.69) is 0 Å². The van der Waals surface area contributed by atoms with Crippen LogP contribution in [0.4, 0.5) is 9.59 Å². The Morgan fingerprint density at radius 3 is 1.64 bits per heavy atom. The van der Waals surface area contributed by atoms with Gasteiger partial charge in [-0.05, 0) is 0 Å². The van der Waals surface area contributed by atoms with Crippen molar-refractivity contribution in [3.05, 3.63) is 12.2 Å². The van der Waals surface area contributed by atoms with E-state index in [1.165, 1.54) is 0 Å². The van der Waals surface area contributed by atoms with Gasteiger partial charge in [-0.15, -0.1) is 0 Å². The molecule has 8 nitrogen and oxygen atoms in total. The van der Waals surface area contributed by atoms with Crippen molar-refractivity contribution in [3.8, 4) is 0 Å². The minimum atomic E-state index is -0.788. The van der Waals surface area contributed by atoms with E-state index in [1.807, 2.05) is 12.2 Å². The number of hydrogen-bond acceptors (Lipinski definition) is 8. The summed E-state index contributed by atoms with van der Waals surface area (Å²) >= 11 is 0. The van der Waals surface area contributed by atoms with Crippen molar-refractivity contribution >= 4 is 12.3 Å². The van der Waals surface area contributed by atoms with Gasteiger partial charge in [-0.1, -0.05) is 12.2 Å². The maximum absolute atomic E-state index is 11.6. The second kappa shape index (κ2) is 6.97. The smallest absolute Gasteiger partial charge is 0.431 e. The number of rotatable bonds is 6. The van der Waals surface area contributed by atoms with Crippen LogP contribution in [0.25, 0.3) is 0 Å². The van der Waals surface area contributed by atoms with Gasteiger partial charge in [0.1, 0.15) is 37.6 Å². The van der Waals surface area contributed by atoms with Gasteiger partial charge in [0.15, 0.2) is 0 Å². The summed E-state index contributed by atoms with van der Waals surface area (Å²) in [7, 11) is 0. The zero-order chi connectivity index (χ0) is 15.4. The highest BCUT2D eigenvalue weighted by Gasteiger charge is 2.32. The zero-order valence-electron chi connectivity index (χ0n) is 12.0. The number of carbonyl (C=O) groups excluding carboxylic acids is 2. The molecule has 2 fully saturated rings. The van der Waals surface area contributed by atoms with Crippen LogP contribution in [-0.4, -0.2) is 63.2 Å². The lowest BCUT2D eigenvalue weighted by atomic mass is 10.0. The first-order valence-corrected chi connectivity index (χ1v) is 7.25. The third-order valence-corrected chi connectivity index (χ3v) is 3.39. The summed E-state index contributed by atoms with van der Waals surface area (Å²) in [6, 6.07) is 0. The topological polar surface area (TPSA) is 96.1 Å². The van der Waals surface area contributed by atoms with E-state index in [0.29, 0.717) is 26.1 Å². The third kappa shape index (κ3) is 4.88. The van der Waals surface area contributed by atoms with E-state index in [1.54, 1.807) is 0 Å². The summed E-state index contributed by atoms with van der Waals surface area (Å²) in [5.41, 5.74) is 0. The Balaban J connectivity index is 1.41. The van der Waals surface area contributed by atoms with Crippen LogP contribution in [0.2, 0.25) is 0 Å². The highest BCUT2D eigenvalue weighted by molar-refractivity contribution is 5.61. The predicted molar refractivity (Wildman–Crippen MR) is 70.3 cm³/mol. The van der Waals surface area contributed by atoms with Crippen molar-refractivity contribution in [2.75, 3.05) is 26.4 Å². The summed E-state index contributed by atoms with van der Waals surface area (Å²) < 4.78 is 30.1. The molecule has 122 valence electrons. The van der Waals surface area contributed by atoms with E-state index in [-0.39, 0.29) is 25.4 Å². The van der Waals surface area contributed by atoms with Crippen molar-refractivity contribution in [1.29, 1.82) is 0 Å². The molecule has 0 radical (unpaired) electrons. The van der Waals surface area contributed by atoms with Crippen LogP contribution in [-0.2, 0) is 28.4 Å². The maximum atomic E-state index is 11.6. The Labute approximate surface area is 127 Å². The van der Waals surface area contributed by atoms with Crippen molar-refractivity contribution in [3.63, 3.8) is 0 Å². The summed E-state index contributed by atoms with van der Waals surface area (Å²) in [6.07, 6.45) is 1.86. The molecule has 0 bridgehead atoms. The molecule has 2 saturated heterocycles. The summed E-state index contributed by atoms with van der Waals surface area (Å²) in [6.45, 7) is 1.55. The Morgan fingerprint density at radius 2 is 1.27 bits per heavy atom. The molecule has 0 aromatic carbocycles. The molecule has 22 heavy (non-hydrogen) atoms. The largest absolute Gasteiger partial charge is 0.508 e. The van der Waals surface area contributed by atoms with Gasteiger partial charge in [-0.25, -0.2) is 9.59 Å². The first-order valence-electron chi connectivity index (χ1n) is 7.25. The first-order chi connectivity index (χ1) is 10.7. The second-order valence-corrected chi connectivity index (χ2v) is 5.29. The normalized spacial score (nSPS) is 32.0. The molecule has 0 aromatic heterocycles. The molecular formula is C14H18O8. The third-order valence-electron chi connectivity index (χ3n) is 3.39. The molecule has 2 heterocycles. The van der Waals surface area contributed by atoms with Gasteiger partial charge in [-0.3, -0.25) is 0 Å². The number of ether oxygens (including phenoxy) is 6. The molecule has 1 aliphatic carbocycles. The van der Waals surface area contributed by atoms with Crippen molar-refractivity contribution in [2.45, 2.75) is 37.3 Å². The van der Waals surface area contributed by atoms with Crippen LogP contribution in [0.3, 0.4) is 0 Å². The van der Waals surface area contributed by atoms with Crippen molar-refractivity contribution in [2.24, 2.45) is 0 Å².